The van der Waals surface area contributed by atoms with Gasteiger partial charge in [-0.15, -0.1) is 11.6 Å². The Hall–Kier alpha value is 0.160. The SMILES string of the molecule is CCN1CCCC(NS(=O)(=O)CCCl)C1. The van der Waals surface area contributed by atoms with Crippen molar-refractivity contribution in [1.82, 2.24) is 9.62 Å². The molecule has 0 amide bonds. The molecule has 1 N–H and O–H groups in total. The van der Waals surface area contributed by atoms with Crippen LogP contribution in [-0.4, -0.2) is 50.6 Å². The van der Waals surface area contributed by atoms with Gasteiger partial charge in [0.2, 0.25) is 10.0 Å². The number of hydrogen-bond donors (Lipinski definition) is 1. The highest BCUT2D eigenvalue weighted by atomic mass is 35.5. The van der Waals surface area contributed by atoms with E-state index >= 15 is 0 Å². The molecule has 0 aliphatic carbocycles. The Labute approximate surface area is 97.0 Å². The summed E-state index contributed by atoms with van der Waals surface area (Å²) in [5.41, 5.74) is 0. The monoisotopic (exact) mass is 254 g/mol. The molecule has 1 unspecified atom stereocenters. The van der Waals surface area contributed by atoms with Crippen molar-refractivity contribution in [2.75, 3.05) is 31.3 Å². The van der Waals surface area contributed by atoms with E-state index in [2.05, 4.69) is 16.5 Å². The lowest BCUT2D eigenvalue weighted by molar-refractivity contribution is 0.211. The average Bonchev–Trinajstić information content (AvgIpc) is 2.17. The Kier molecular flexibility index (Phi) is 5.32. The average molecular weight is 255 g/mol. The van der Waals surface area contributed by atoms with Crippen molar-refractivity contribution in [3.8, 4) is 0 Å². The predicted molar refractivity (Wildman–Crippen MR) is 62.8 cm³/mol. The molecule has 1 rings (SSSR count). The normalized spacial score (nSPS) is 24.3. The maximum absolute atomic E-state index is 11.5. The molecule has 0 aromatic rings. The third-order valence-electron chi connectivity index (χ3n) is 2.64. The molecule has 1 atom stereocenters. The van der Waals surface area contributed by atoms with E-state index in [0.717, 1.165) is 32.5 Å². The van der Waals surface area contributed by atoms with Crippen LogP contribution in [0.2, 0.25) is 0 Å². The van der Waals surface area contributed by atoms with Crippen molar-refractivity contribution in [3.63, 3.8) is 0 Å². The Morgan fingerprint density at radius 2 is 2.27 bits per heavy atom. The van der Waals surface area contributed by atoms with E-state index in [-0.39, 0.29) is 17.7 Å². The van der Waals surface area contributed by atoms with Crippen LogP contribution in [-0.2, 0) is 10.0 Å². The molecule has 90 valence electrons. The molecule has 0 radical (unpaired) electrons. The zero-order valence-corrected chi connectivity index (χ0v) is 10.6. The molecule has 1 saturated heterocycles. The first kappa shape index (κ1) is 13.2. The zero-order valence-electron chi connectivity index (χ0n) is 9.08. The molecule has 1 heterocycles. The van der Waals surface area contributed by atoms with Crippen molar-refractivity contribution in [1.29, 1.82) is 0 Å². The summed E-state index contributed by atoms with van der Waals surface area (Å²) in [7, 11) is -3.17. The first-order valence-corrected chi connectivity index (χ1v) is 7.54. The number of halogens is 1. The first-order valence-electron chi connectivity index (χ1n) is 5.35. The second-order valence-corrected chi connectivity index (χ2v) is 6.11. The molecule has 1 aliphatic heterocycles. The molecule has 1 aliphatic rings. The Bertz CT molecular complexity index is 282. The Morgan fingerprint density at radius 3 is 2.87 bits per heavy atom. The summed E-state index contributed by atoms with van der Waals surface area (Å²) in [6.45, 7) is 4.96. The molecule has 0 saturated carbocycles. The number of alkyl halides is 1. The van der Waals surface area contributed by atoms with Gasteiger partial charge < -0.3 is 4.90 Å². The van der Waals surface area contributed by atoms with Crippen LogP contribution in [0.5, 0.6) is 0 Å². The molecule has 6 heteroatoms. The van der Waals surface area contributed by atoms with Crippen molar-refractivity contribution in [2.24, 2.45) is 0 Å². The van der Waals surface area contributed by atoms with Gasteiger partial charge in [-0.1, -0.05) is 6.92 Å². The van der Waals surface area contributed by atoms with E-state index in [1.165, 1.54) is 0 Å². The number of rotatable bonds is 5. The summed E-state index contributed by atoms with van der Waals surface area (Å²) in [4.78, 5) is 2.26. The maximum atomic E-state index is 11.5. The van der Waals surface area contributed by atoms with Crippen LogP contribution in [0.4, 0.5) is 0 Å². The van der Waals surface area contributed by atoms with E-state index in [4.69, 9.17) is 11.6 Å². The predicted octanol–water partition coefficient (Wildman–Crippen LogP) is 0.629. The van der Waals surface area contributed by atoms with Gasteiger partial charge in [0.25, 0.3) is 0 Å². The standard InChI is InChI=1S/C9H19ClN2O2S/c1-2-12-6-3-4-9(8-12)11-15(13,14)7-5-10/h9,11H,2-8H2,1H3. The summed E-state index contributed by atoms with van der Waals surface area (Å²) >= 11 is 5.43. The maximum Gasteiger partial charge on any atom is 0.213 e. The lowest BCUT2D eigenvalue weighted by Crippen LogP contribution is -2.48. The number of nitrogens with zero attached hydrogens (tertiary/aromatic N) is 1. The molecule has 0 aromatic carbocycles. The zero-order chi connectivity index (χ0) is 11.3. The molecule has 0 aromatic heterocycles. The minimum Gasteiger partial charge on any atom is -0.302 e. The van der Waals surface area contributed by atoms with E-state index in [1.807, 2.05) is 0 Å². The van der Waals surface area contributed by atoms with Crippen molar-refractivity contribution < 1.29 is 8.42 Å². The lowest BCUT2D eigenvalue weighted by Gasteiger charge is -2.31. The summed E-state index contributed by atoms with van der Waals surface area (Å²) in [6, 6.07) is 0.0620. The van der Waals surface area contributed by atoms with Gasteiger partial charge in [-0.25, -0.2) is 13.1 Å². The van der Waals surface area contributed by atoms with Crippen molar-refractivity contribution >= 4 is 21.6 Å². The van der Waals surface area contributed by atoms with Crippen LogP contribution in [0.3, 0.4) is 0 Å². The quantitative estimate of drug-likeness (QED) is 0.733. The summed E-state index contributed by atoms with van der Waals surface area (Å²) < 4.78 is 25.7. The minimum absolute atomic E-state index is 0.0111. The van der Waals surface area contributed by atoms with Gasteiger partial charge in [0.1, 0.15) is 0 Å². The number of piperidine rings is 1. The number of likely N-dealkylation sites (N-methyl/N-ethyl adjacent to an activating group) is 1. The minimum atomic E-state index is -3.17. The van der Waals surface area contributed by atoms with Gasteiger partial charge >= 0.3 is 0 Å². The number of likely N-dealkylation sites (tertiary alicyclic amines) is 1. The van der Waals surface area contributed by atoms with Gasteiger partial charge in [0.05, 0.1) is 5.75 Å². The van der Waals surface area contributed by atoms with Crippen LogP contribution in [0, 0.1) is 0 Å². The second-order valence-electron chi connectivity index (χ2n) is 3.86. The highest BCUT2D eigenvalue weighted by Gasteiger charge is 2.22. The number of nitrogens with one attached hydrogen (secondary N) is 1. The fraction of sp³-hybridized carbons (Fsp3) is 1.00. The highest BCUT2D eigenvalue weighted by Crippen LogP contribution is 2.10. The summed E-state index contributed by atoms with van der Waals surface area (Å²) in [5.74, 6) is 0.163. The van der Waals surface area contributed by atoms with E-state index in [0.29, 0.717) is 0 Å². The van der Waals surface area contributed by atoms with Crippen LogP contribution < -0.4 is 4.72 Å². The molecular formula is C9H19ClN2O2S. The smallest absolute Gasteiger partial charge is 0.213 e. The van der Waals surface area contributed by atoms with Crippen LogP contribution in [0.25, 0.3) is 0 Å². The third kappa shape index (κ3) is 4.68. The van der Waals surface area contributed by atoms with E-state index < -0.39 is 10.0 Å². The molecule has 0 spiro atoms. The van der Waals surface area contributed by atoms with Gasteiger partial charge in [-0.3, -0.25) is 0 Å². The van der Waals surface area contributed by atoms with Crippen molar-refractivity contribution in [2.45, 2.75) is 25.8 Å². The van der Waals surface area contributed by atoms with Gasteiger partial charge in [-0.05, 0) is 25.9 Å². The number of hydrogen-bond acceptors (Lipinski definition) is 3. The topological polar surface area (TPSA) is 49.4 Å². The molecular weight excluding hydrogens is 236 g/mol. The Balaban J connectivity index is 2.44. The van der Waals surface area contributed by atoms with Crippen LogP contribution in [0.1, 0.15) is 19.8 Å². The summed E-state index contributed by atoms with van der Waals surface area (Å²) in [6.07, 6.45) is 1.99. The fourth-order valence-corrected chi connectivity index (χ4v) is 3.48. The molecule has 1 fully saturated rings. The molecule has 15 heavy (non-hydrogen) atoms. The number of sulfonamides is 1. The van der Waals surface area contributed by atoms with Crippen LogP contribution in [0.15, 0.2) is 0 Å². The largest absolute Gasteiger partial charge is 0.302 e. The summed E-state index contributed by atoms with van der Waals surface area (Å²) in [5, 5.41) is 0. The molecule has 0 bridgehead atoms. The van der Waals surface area contributed by atoms with Crippen LogP contribution >= 0.6 is 11.6 Å². The van der Waals surface area contributed by atoms with Crippen molar-refractivity contribution in [3.05, 3.63) is 0 Å². The molecule has 4 nitrogen and oxygen atoms in total. The first-order chi connectivity index (χ1) is 7.07. The second kappa shape index (κ2) is 6.03. The third-order valence-corrected chi connectivity index (χ3v) is 4.49. The van der Waals surface area contributed by atoms with E-state index in [9.17, 15) is 8.42 Å². The van der Waals surface area contributed by atoms with Gasteiger partial charge in [0.15, 0.2) is 0 Å². The van der Waals surface area contributed by atoms with E-state index in [1.54, 1.807) is 0 Å². The highest BCUT2D eigenvalue weighted by molar-refractivity contribution is 7.89. The van der Waals surface area contributed by atoms with Gasteiger partial charge in [0, 0.05) is 18.5 Å². The lowest BCUT2D eigenvalue weighted by atomic mass is 10.1. The van der Waals surface area contributed by atoms with Gasteiger partial charge in [-0.2, -0.15) is 0 Å². The fourth-order valence-electron chi connectivity index (χ4n) is 1.85. The Morgan fingerprint density at radius 1 is 1.53 bits per heavy atom.